The molecule has 0 aliphatic heterocycles. The summed E-state index contributed by atoms with van der Waals surface area (Å²) in [5.74, 6) is 0.913. The van der Waals surface area contributed by atoms with Gasteiger partial charge in [0.25, 0.3) is 0 Å². The number of ether oxygens (including phenoxy) is 1. The van der Waals surface area contributed by atoms with E-state index < -0.39 is 0 Å². The molecule has 4 heteroatoms. The fraction of sp³-hybridized carbons (Fsp3) is 0.375. The smallest absolute Gasteiger partial charge is 0.119 e. The first-order valence-corrected chi connectivity index (χ1v) is 7.01. The maximum Gasteiger partial charge on any atom is 0.119 e. The van der Waals surface area contributed by atoms with E-state index >= 15 is 0 Å². The van der Waals surface area contributed by atoms with Gasteiger partial charge in [-0.05, 0) is 31.2 Å². The molecule has 0 aliphatic carbocycles. The second kappa shape index (κ2) is 7.60. The van der Waals surface area contributed by atoms with Crippen molar-refractivity contribution in [2.24, 2.45) is 0 Å². The molecule has 1 aromatic heterocycles. The van der Waals surface area contributed by atoms with E-state index in [0.29, 0.717) is 0 Å². The predicted molar refractivity (Wildman–Crippen MR) is 79.8 cm³/mol. The van der Waals surface area contributed by atoms with E-state index in [9.17, 15) is 0 Å². The molecule has 0 aliphatic rings. The number of aromatic nitrogens is 2. The van der Waals surface area contributed by atoms with Gasteiger partial charge in [-0.25, -0.2) is 0 Å². The van der Waals surface area contributed by atoms with Crippen LogP contribution < -0.4 is 10.1 Å². The van der Waals surface area contributed by atoms with Gasteiger partial charge in [-0.2, -0.15) is 0 Å². The summed E-state index contributed by atoms with van der Waals surface area (Å²) < 4.78 is 5.67. The van der Waals surface area contributed by atoms with Crippen LogP contribution in [0.15, 0.2) is 42.9 Å². The summed E-state index contributed by atoms with van der Waals surface area (Å²) in [6, 6.07) is 8.19. The molecule has 4 nitrogen and oxygen atoms in total. The molecular weight excluding hydrogens is 250 g/mol. The Morgan fingerprint density at radius 3 is 2.60 bits per heavy atom. The molecule has 1 aromatic carbocycles. The lowest BCUT2D eigenvalue weighted by molar-refractivity contribution is 0.309. The first-order valence-electron chi connectivity index (χ1n) is 7.01. The Labute approximate surface area is 120 Å². The molecule has 0 bridgehead atoms. The van der Waals surface area contributed by atoms with Gasteiger partial charge in [0.15, 0.2) is 0 Å². The number of unbranched alkanes of at least 4 members (excludes halogenated alkanes) is 1. The Hall–Kier alpha value is -1.94. The van der Waals surface area contributed by atoms with Crippen molar-refractivity contribution in [1.82, 2.24) is 15.3 Å². The van der Waals surface area contributed by atoms with E-state index in [1.165, 1.54) is 0 Å². The van der Waals surface area contributed by atoms with Crippen molar-refractivity contribution in [3.63, 3.8) is 0 Å². The Morgan fingerprint density at radius 1 is 1.20 bits per heavy atom. The monoisotopic (exact) mass is 271 g/mol. The van der Waals surface area contributed by atoms with Crippen molar-refractivity contribution in [3.05, 3.63) is 54.1 Å². The molecule has 0 radical (unpaired) electrons. The number of benzene rings is 1. The second-order valence-electron chi connectivity index (χ2n) is 4.62. The van der Waals surface area contributed by atoms with E-state index in [1.807, 2.05) is 19.2 Å². The summed E-state index contributed by atoms with van der Waals surface area (Å²) >= 11 is 0. The lowest BCUT2D eigenvalue weighted by Gasteiger charge is -2.16. The molecule has 0 amide bonds. The Morgan fingerprint density at radius 2 is 2.00 bits per heavy atom. The zero-order valence-electron chi connectivity index (χ0n) is 12.0. The van der Waals surface area contributed by atoms with Crippen LogP contribution in [0.2, 0.25) is 0 Å². The highest BCUT2D eigenvalue weighted by molar-refractivity contribution is 5.32. The summed E-state index contributed by atoms with van der Waals surface area (Å²) in [5, 5.41) is 3.26. The van der Waals surface area contributed by atoms with E-state index in [1.54, 1.807) is 18.6 Å². The van der Waals surface area contributed by atoms with Gasteiger partial charge in [0, 0.05) is 12.4 Å². The van der Waals surface area contributed by atoms with Crippen LogP contribution in [0.5, 0.6) is 5.75 Å². The quantitative estimate of drug-likeness (QED) is 0.786. The van der Waals surface area contributed by atoms with Crippen LogP contribution in [0.25, 0.3) is 0 Å². The number of hydrogen-bond acceptors (Lipinski definition) is 4. The van der Waals surface area contributed by atoms with Gasteiger partial charge in [-0.3, -0.25) is 9.97 Å². The minimum Gasteiger partial charge on any atom is -0.494 e. The maximum atomic E-state index is 5.67. The molecule has 0 saturated heterocycles. The molecule has 1 atom stereocenters. The van der Waals surface area contributed by atoms with Crippen molar-refractivity contribution in [1.29, 1.82) is 0 Å². The minimum atomic E-state index is 0.0494. The van der Waals surface area contributed by atoms with Gasteiger partial charge < -0.3 is 10.1 Å². The van der Waals surface area contributed by atoms with E-state index in [2.05, 4.69) is 34.3 Å². The molecule has 106 valence electrons. The van der Waals surface area contributed by atoms with Crippen molar-refractivity contribution in [3.8, 4) is 5.75 Å². The molecule has 0 saturated carbocycles. The molecular formula is C16H21N3O. The number of nitrogens with zero attached hydrogens (tertiary/aromatic N) is 2. The standard InChI is InChI=1S/C16H21N3O/c1-3-4-11-20-14-7-5-13(6-8-14)16(17-2)15-12-18-9-10-19-15/h5-10,12,16-17H,3-4,11H2,1-2H3. The molecule has 1 heterocycles. The van der Waals surface area contributed by atoms with Crippen LogP contribution in [0.3, 0.4) is 0 Å². The third kappa shape index (κ3) is 3.78. The van der Waals surface area contributed by atoms with Crippen molar-refractivity contribution in [2.45, 2.75) is 25.8 Å². The van der Waals surface area contributed by atoms with Gasteiger partial charge in [0.2, 0.25) is 0 Å². The van der Waals surface area contributed by atoms with E-state index in [-0.39, 0.29) is 6.04 Å². The van der Waals surface area contributed by atoms with Crippen LogP contribution in [0.4, 0.5) is 0 Å². The topological polar surface area (TPSA) is 47.0 Å². The zero-order valence-corrected chi connectivity index (χ0v) is 12.0. The highest BCUT2D eigenvalue weighted by Crippen LogP contribution is 2.22. The predicted octanol–water partition coefficient (Wildman–Crippen LogP) is 2.96. The summed E-state index contributed by atoms with van der Waals surface area (Å²) in [6.07, 6.45) is 7.41. The Kier molecular flexibility index (Phi) is 5.50. The average Bonchev–Trinajstić information content (AvgIpc) is 2.51. The lowest BCUT2D eigenvalue weighted by Crippen LogP contribution is -2.18. The molecule has 1 N–H and O–H groups in total. The van der Waals surface area contributed by atoms with Crippen molar-refractivity contribution in [2.75, 3.05) is 13.7 Å². The third-order valence-electron chi connectivity index (χ3n) is 3.15. The summed E-state index contributed by atoms with van der Waals surface area (Å²) in [5.41, 5.74) is 2.06. The largest absolute Gasteiger partial charge is 0.494 e. The highest BCUT2D eigenvalue weighted by Gasteiger charge is 2.13. The highest BCUT2D eigenvalue weighted by atomic mass is 16.5. The molecule has 1 unspecified atom stereocenters. The van der Waals surface area contributed by atoms with Gasteiger partial charge in [0.1, 0.15) is 5.75 Å². The van der Waals surface area contributed by atoms with E-state index in [4.69, 9.17) is 4.74 Å². The van der Waals surface area contributed by atoms with Gasteiger partial charge in [0.05, 0.1) is 24.5 Å². The molecule has 0 spiro atoms. The fourth-order valence-corrected chi connectivity index (χ4v) is 2.04. The Bertz CT molecular complexity index is 499. The SMILES string of the molecule is CCCCOc1ccc(C(NC)c2cnccn2)cc1. The van der Waals surface area contributed by atoms with Crippen LogP contribution >= 0.6 is 0 Å². The number of nitrogens with one attached hydrogen (secondary N) is 1. The Balaban J connectivity index is 2.08. The molecule has 2 rings (SSSR count). The lowest BCUT2D eigenvalue weighted by atomic mass is 10.0. The first kappa shape index (κ1) is 14.5. The van der Waals surface area contributed by atoms with Crippen molar-refractivity contribution < 1.29 is 4.74 Å². The molecule has 20 heavy (non-hydrogen) atoms. The zero-order chi connectivity index (χ0) is 14.2. The summed E-state index contributed by atoms with van der Waals surface area (Å²) in [4.78, 5) is 8.47. The van der Waals surface area contributed by atoms with Gasteiger partial charge in [-0.1, -0.05) is 25.5 Å². The second-order valence-corrected chi connectivity index (χ2v) is 4.62. The van der Waals surface area contributed by atoms with Gasteiger partial charge >= 0.3 is 0 Å². The normalized spacial score (nSPS) is 12.1. The van der Waals surface area contributed by atoms with Gasteiger partial charge in [-0.15, -0.1) is 0 Å². The van der Waals surface area contributed by atoms with Crippen LogP contribution in [-0.4, -0.2) is 23.6 Å². The minimum absolute atomic E-state index is 0.0494. The number of rotatable bonds is 7. The fourth-order valence-electron chi connectivity index (χ4n) is 2.04. The third-order valence-corrected chi connectivity index (χ3v) is 3.15. The average molecular weight is 271 g/mol. The van der Waals surface area contributed by atoms with Crippen LogP contribution in [-0.2, 0) is 0 Å². The van der Waals surface area contributed by atoms with Crippen molar-refractivity contribution >= 4 is 0 Å². The number of hydrogen-bond donors (Lipinski definition) is 1. The molecule has 2 aromatic rings. The van der Waals surface area contributed by atoms with Crippen LogP contribution in [0, 0.1) is 0 Å². The summed E-state index contributed by atoms with van der Waals surface area (Å²) in [6.45, 7) is 2.93. The molecule has 0 fully saturated rings. The van der Waals surface area contributed by atoms with E-state index in [0.717, 1.165) is 36.5 Å². The first-order chi connectivity index (χ1) is 9.85. The van der Waals surface area contributed by atoms with Crippen LogP contribution in [0.1, 0.15) is 37.1 Å². The maximum absolute atomic E-state index is 5.67. The summed E-state index contributed by atoms with van der Waals surface area (Å²) in [7, 11) is 1.92.